The molecule has 2 N–H and O–H groups in total. The summed E-state index contributed by atoms with van der Waals surface area (Å²) in [5.74, 6) is 1.27. The predicted octanol–water partition coefficient (Wildman–Crippen LogP) is 2.26. The van der Waals surface area contributed by atoms with E-state index in [0.29, 0.717) is 25.6 Å². The van der Waals surface area contributed by atoms with E-state index in [1.54, 1.807) is 0 Å². The SMILES string of the molecule is O=C(NCCOc1ccc2ccccc2c1)NCC(C1CCOC1)N1CCOCC1. The highest BCUT2D eigenvalue weighted by Gasteiger charge is 2.31. The zero-order valence-corrected chi connectivity index (χ0v) is 17.3. The molecule has 2 atom stereocenters. The quantitative estimate of drug-likeness (QED) is 0.650. The Labute approximate surface area is 177 Å². The van der Waals surface area contributed by atoms with Crippen molar-refractivity contribution in [2.75, 3.05) is 59.2 Å². The first-order chi connectivity index (χ1) is 14.8. The number of rotatable bonds is 8. The molecule has 0 saturated carbocycles. The maximum Gasteiger partial charge on any atom is 0.314 e. The highest BCUT2D eigenvalue weighted by molar-refractivity contribution is 5.83. The maximum atomic E-state index is 12.3. The number of ether oxygens (including phenoxy) is 3. The molecular formula is C23H31N3O4. The van der Waals surface area contributed by atoms with Crippen molar-refractivity contribution in [3.05, 3.63) is 42.5 Å². The smallest absolute Gasteiger partial charge is 0.314 e. The van der Waals surface area contributed by atoms with E-state index in [1.807, 2.05) is 30.3 Å². The number of carbonyl (C=O) groups is 1. The Morgan fingerprint density at radius 1 is 1.07 bits per heavy atom. The van der Waals surface area contributed by atoms with Gasteiger partial charge < -0.3 is 24.8 Å². The fraction of sp³-hybridized carbons (Fsp3) is 0.522. The Morgan fingerprint density at radius 2 is 1.90 bits per heavy atom. The van der Waals surface area contributed by atoms with Crippen LogP contribution in [-0.2, 0) is 9.47 Å². The molecule has 30 heavy (non-hydrogen) atoms. The van der Waals surface area contributed by atoms with Crippen LogP contribution in [0.2, 0.25) is 0 Å². The van der Waals surface area contributed by atoms with E-state index in [4.69, 9.17) is 14.2 Å². The van der Waals surface area contributed by atoms with Gasteiger partial charge in [-0.15, -0.1) is 0 Å². The highest BCUT2D eigenvalue weighted by Crippen LogP contribution is 2.22. The molecule has 4 rings (SSSR count). The molecule has 0 aliphatic carbocycles. The van der Waals surface area contributed by atoms with Crippen molar-refractivity contribution in [3.8, 4) is 5.75 Å². The van der Waals surface area contributed by atoms with Crippen LogP contribution in [0.4, 0.5) is 4.79 Å². The van der Waals surface area contributed by atoms with Gasteiger partial charge >= 0.3 is 6.03 Å². The van der Waals surface area contributed by atoms with E-state index in [-0.39, 0.29) is 12.1 Å². The average Bonchev–Trinajstić information content (AvgIpc) is 3.32. The van der Waals surface area contributed by atoms with Crippen molar-refractivity contribution in [3.63, 3.8) is 0 Å². The fourth-order valence-corrected chi connectivity index (χ4v) is 4.21. The molecule has 0 spiro atoms. The van der Waals surface area contributed by atoms with Gasteiger partial charge in [0.2, 0.25) is 0 Å². The van der Waals surface area contributed by atoms with Gasteiger partial charge in [0, 0.05) is 38.2 Å². The Kier molecular flexibility index (Phi) is 7.39. The topological polar surface area (TPSA) is 72.1 Å². The second kappa shape index (κ2) is 10.6. The number of nitrogens with zero attached hydrogens (tertiary/aromatic N) is 1. The molecule has 2 aromatic rings. The van der Waals surface area contributed by atoms with E-state index >= 15 is 0 Å². The minimum absolute atomic E-state index is 0.158. The van der Waals surface area contributed by atoms with Crippen molar-refractivity contribution >= 4 is 16.8 Å². The maximum absolute atomic E-state index is 12.3. The largest absolute Gasteiger partial charge is 0.492 e. The summed E-state index contributed by atoms with van der Waals surface area (Å²) in [5.41, 5.74) is 0. The summed E-state index contributed by atoms with van der Waals surface area (Å²) in [5, 5.41) is 8.25. The van der Waals surface area contributed by atoms with Crippen LogP contribution in [0.25, 0.3) is 10.8 Å². The van der Waals surface area contributed by atoms with Gasteiger partial charge in [-0.25, -0.2) is 4.79 Å². The third kappa shape index (κ3) is 5.62. The number of morpholine rings is 1. The monoisotopic (exact) mass is 413 g/mol. The van der Waals surface area contributed by atoms with Gasteiger partial charge in [-0.3, -0.25) is 4.90 Å². The molecule has 0 aromatic heterocycles. The molecule has 2 aromatic carbocycles. The van der Waals surface area contributed by atoms with Crippen molar-refractivity contribution in [1.29, 1.82) is 0 Å². The van der Waals surface area contributed by atoms with Crippen LogP contribution in [0.3, 0.4) is 0 Å². The lowest BCUT2D eigenvalue weighted by atomic mass is 9.97. The molecular weight excluding hydrogens is 382 g/mol. The first-order valence-electron chi connectivity index (χ1n) is 10.8. The molecule has 2 unspecified atom stereocenters. The van der Waals surface area contributed by atoms with Crippen LogP contribution in [-0.4, -0.2) is 76.2 Å². The molecule has 2 fully saturated rings. The Bertz CT molecular complexity index is 819. The van der Waals surface area contributed by atoms with Gasteiger partial charge in [0.15, 0.2) is 0 Å². The van der Waals surface area contributed by atoms with Crippen molar-refractivity contribution in [2.45, 2.75) is 12.5 Å². The van der Waals surface area contributed by atoms with Crippen LogP contribution in [0.1, 0.15) is 6.42 Å². The molecule has 2 aliphatic heterocycles. The molecule has 0 radical (unpaired) electrons. The van der Waals surface area contributed by atoms with Crippen LogP contribution >= 0.6 is 0 Å². The summed E-state index contributed by atoms with van der Waals surface area (Å²) >= 11 is 0. The molecule has 7 heteroatoms. The Balaban J connectivity index is 1.19. The van der Waals surface area contributed by atoms with Gasteiger partial charge in [0.05, 0.1) is 26.4 Å². The molecule has 2 saturated heterocycles. The zero-order chi connectivity index (χ0) is 20.6. The molecule has 7 nitrogen and oxygen atoms in total. The molecule has 2 heterocycles. The first-order valence-corrected chi connectivity index (χ1v) is 10.8. The predicted molar refractivity (Wildman–Crippen MR) is 116 cm³/mol. The second-order valence-corrected chi connectivity index (χ2v) is 7.83. The molecule has 2 amide bonds. The number of benzene rings is 2. The van der Waals surface area contributed by atoms with Gasteiger partial charge in [0.25, 0.3) is 0 Å². The number of urea groups is 1. The number of carbonyl (C=O) groups excluding carboxylic acids is 1. The zero-order valence-electron chi connectivity index (χ0n) is 17.3. The van der Waals surface area contributed by atoms with Crippen LogP contribution in [0.5, 0.6) is 5.75 Å². The van der Waals surface area contributed by atoms with Gasteiger partial charge in [-0.05, 0) is 29.3 Å². The summed E-state index contributed by atoms with van der Waals surface area (Å²) < 4.78 is 16.8. The molecule has 0 bridgehead atoms. The second-order valence-electron chi connectivity index (χ2n) is 7.83. The van der Waals surface area contributed by atoms with Crippen molar-refractivity contribution in [2.24, 2.45) is 5.92 Å². The third-order valence-corrected chi connectivity index (χ3v) is 5.87. The first kappa shape index (κ1) is 20.9. The van der Waals surface area contributed by atoms with Crippen LogP contribution < -0.4 is 15.4 Å². The highest BCUT2D eigenvalue weighted by atomic mass is 16.5. The Hall–Kier alpha value is -2.35. The summed E-state index contributed by atoms with van der Waals surface area (Å²) in [6.07, 6.45) is 1.05. The molecule has 2 aliphatic rings. The minimum atomic E-state index is -0.158. The lowest BCUT2D eigenvalue weighted by Crippen LogP contribution is -2.53. The van der Waals surface area contributed by atoms with Crippen molar-refractivity contribution < 1.29 is 19.0 Å². The Morgan fingerprint density at radius 3 is 2.70 bits per heavy atom. The van der Waals surface area contributed by atoms with Gasteiger partial charge in [0.1, 0.15) is 12.4 Å². The summed E-state index contributed by atoms with van der Waals surface area (Å²) in [6.45, 7) is 6.39. The average molecular weight is 414 g/mol. The summed E-state index contributed by atoms with van der Waals surface area (Å²) in [6, 6.07) is 14.3. The van der Waals surface area contributed by atoms with E-state index < -0.39 is 0 Å². The van der Waals surface area contributed by atoms with Crippen LogP contribution in [0, 0.1) is 5.92 Å². The van der Waals surface area contributed by atoms with Crippen LogP contribution in [0.15, 0.2) is 42.5 Å². The minimum Gasteiger partial charge on any atom is -0.492 e. The van der Waals surface area contributed by atoms with E-state index in [1.165, 1.54) is 5.39 Å². The van der Waals surface area contributed by atoms with Crippen molar-refractivity contribution in [1.82, 2.24) is 15.5 Å². The summed E-state index contributed by atoms with van der Waals surface area (Å²) in [4.78, 5) is 14.7. The number of hydrogen-bond acceptors (Lipinski definition) is 5. The standard InChI is InChI=1S/C23H31N3O4/c27-23(24-8-12-30-21-6-5-18-3-1-2-4-19(18)15-21)25-16-22(20-7-11-29-17-20)26-9-13-28-14-10-26/h1-6,15,20,22H,7-14,16-17H2,(H2,24,25,27). The molecule has 162 valence electrons. The normalized spacial score (nSPS) is 20.7. The summed E-state index contributed by atoms with van der Waals surface area (Å²) in [7, 11) is 0. The number of hydrogen-bond donors (Lipinski definition) is 2. The van der Waals surface area contributed by atoms with Gasteiger partial charge in [-0.1, -0.05) is 30.3 Å². The van der Waals surface area contributed by atoms with Gasteiger partial charge in [-0.2, -0.15) is 0 Å². The lowest BCUT2D eigenvalue weighted by molar-refractivity contribution is 0.00212. The number of amides is 2. The van der Waals surface area contributed by atoms with E-state index in [2.05, 4.69) is 27.7 Å². The third-order valence-electron chi connectivity index (χ3n) is 5.87. The van der Waals surface area contributed by atoms with E-state index in [0.717, 1.165) is 57.1 Å². The number of fused-ring (bicyclic) bond motifs is 1. The fourth-order valence-electron chi connectivity index (χ4n) is 4.21. The lowest BCUT2D eigenvalue weighted by Gasteiger charge is -2.37. The van der Waals surface area contributed by atoms with E-state index in [9.17, 15) is 4.79 Å². The number of nitrogens with one attached hydrogen (secondary N) is 2.